The molecule has 7 nitrogen and oxygen atoms in total. The van der Waals surface area contributed by atoms with E-state index in [4.69, 9.17) is 15.7 Å². The topological polar surface area (TPSA) is 108 Å². The first-order chi connectivity index (χ1) is 11.6. The molecule has 24 heavy (non-hydrogen) atoms. The van der Waals surface area contributed by atoms with Gasteiger partial charge in [0.15, 0.2) is 0 Å². The lowest BCUT2D eigenvalue weighted by molar-refractivity contribution is -0.123. The Bertz CT molecular complexity index is 477. The second-order valence-electron chi connectivity index (χ2n) is 5.94. The number of amides is 2. The van der Waals surface area contributed by atoms with Crippen LogP contribution in [-0.4, -0.2) is 49.6 Å². The number of unbranched alkanes of at least 4 members (excludes halogenated alkanes) is 1. The number of rotatable bonds is 10. The van der Waals surface area contributed by atoms with Crippen LogP contribution in [0.25, 0.3) is 0 Å². The lowest BCUT2D eigenvalue weighted by atomic mass is 9.96. The fourth-order valence-electron chi connectivity index (χ4n) is 2.45. The maximum Gasteiger partial charge on any atom is 0.263 e. The monoisotopic (exact) mass is 336 g/mol. The molecule has 1 heterocycles. The molecule has 0 aromatic rings. The molecule has 134 valence electrons. The fourth-order valence-corrected chi connectivity index (χ4v) is 2.45. The summed E-state index contributed by atoms with van der Waals surface area (Å²) in [7, 11) is 0. The third kappa shape index (κ3) is 7.47. The fraction of sp³-hybridized carbons (Fsp3) is 0.706. The number of carbonyl (C=O) groups excluding carboxylic acids is 2. The van der Waals surface area contributed by atoms with Gasteiger partial charge in [-0.2, -0.15) is 5.26 Å². The summed E-state index contributed by atoms with van der Waals surface area (Å²) in [5.41, 5.74) is 5.38. The van der Waals surface area contributed by atoms with Gasteiger partial charge in [0.25, 0.3) is 5.91 Å². The molecule has 1 aliphatic heterocycles. The number of likely N-dealkylation sites (tertiary alicyclic amines) is 1. The van der Waals surface area contributed by atoms with E-state index in [2.05, 4.69) is 12.2 Å². The van der Waals surface area contributed by atoms with Crippen molar-refractivity contribution in [2.75, 3.05) is 32.8 Å². The first-order valence-corrected chi connectivity index (χ1v) is 8.59. The molecule has 0 aliphatic carbocycles. The van der Waals surface area contributed by atoms with Crippen LogP contribution in [0.2, 0.25) is 0 Å². The highest BCUT2D eigenvalue weighted by molar-refractivity contribution is 5.97. The summed E-state index contributed by atoms with van der Waals surface area (Å²) in [6.07, 6.45) is 5.74. The van der Waals surface area contributed by atoms with Crippen molar-refractivity contribution in [2.45, 2.75) is 39.0 Å². The van der Waals surface area contributed by atoms with Gasteiger partial charge in [-0.3, -0.25) is 9.59 Å². The third-order valence-electron chi connectivity index (χ3n) is 4.00. The Labute approximate surface area is 143 Å². The maximum absolute atomic E-state index is 12.0. The van der Waals surface area contributed by atoms with Crippen molar-refractivity contribution in [1.82, 2.24) is 10.2 Å². The van der Waals surface area contributed by atoms with E-state index in [-0.39, 0.29) is 23.3 Å². The highest BCUT2D eigenvalue weighted by Gasteiger charge is 2.22. The second kappa shape index (κ2) is 11.5. The summed E-state index contributed by atoms with van der Waals surface area (Å²) >= 11 is 0. The lowest BCUT2D eigenvalue weighted by Crippen LogP contribution is -2.36. The van der Waals surface area contributed by atoms with Gasteiger partial charge < -0.3 is 20.7 Å². The molecule has 0 spiro atoms. The number of ether oxygens (including phenoxy) is 1. The van der Waals surface area contributed by atoms with Gasteiger partial charge in [-0.05, 0) is 25.7 Å². The Hall–Kier alpha value is -2.07. The van der Waals surface area contributed by atoms with Crippen molar-refractivity contribution >= 4 is 11.8 Å². The number of nitrogens with one attached hydrogen (secondary N) is 1. The first-order valence-electron chi connectivity index (χ1n) is 8.59. The lowest BCUT2D eigenvalue weighted by Gasteiger charge is -2.29. The quantitative estimate of drug-likeness (QED) is 0.350. The van der Waals surface area contributed by atoms with E-state index in [9.17, 15) is 9.59 Å². The number of nitrogens with zero attached hydrogens (tertiary/aromatic N) is 2. The van der Waals surface area contributed by atoms with Gasteiger partial charge in [-0.25, -0.2) is 0 Å². The van der Waals surface area contributed by atoms with E-state index < -0.39 is 0 Å². The summed E-state index contributed by atoms with van der Waals surface area (Å²) in [4.78, 5) is 25.0. The average Bonchev–Trinajstić information content (AvgIpc) is 2.59. The smallest absolute Gasteiger partial charge is 0.263 e. The number of nitriles is 1. The zero-order chi connectivity index (χ0) is 17.8. The molecule has 1 saturated heterocycles. The molecular weight excluding hydrogens is 308 g/mol. The maximum atomic E-state index is 12.0. The Morgan fingerprint density at radius 2 is 2.00 bits per heavy atom. The highest BCUT2D eigenvalue weighted by atomic mass is 16.5. The predicted octanol–water partition coefficient (Wildman–Crippen LogP) is 0.914. The molecule has 0 saturated carbocycles. The molecule has 0 aromatic heterocycles. The van der Waals surface area contributed by atoms with Crippen molar-refractivity contribution in [3.05, 3.63) is 11.8 Å². The van der Waals surface area contributed by atoms with Crippen LogP contribution in [0.4, 0.5) is 0 Å². The van der Waals surface area contributed by atoms with Gasteiger partial charge >= 0.3 is 0 Å². The molecular formula is C17H28N4O3. The number of hydrogen-bond acceptors (Lipinski definition) is 5. The Kier molecular flexibility index (Phi) is 9.54. The molecule has 0 bridgehead atoms. The molecule has 2 amide bonds. The molecule has 0 atom stereocenters. The van der Waals surface area contributed by atoms with E-state index in [0.29, 0.717) is 39.1 Å². The number of primary amides is 1. The number of piperidine rings is 1. The largest absolute Gasteiger partial charge is 0.381 e. The molecule has 0 aromatic carbocycles. The zero-order valence-electron chi connectivity index (χ0n) is 14.4. The van der Waals surface area contributed by atoms with Gasteiger partial charge in [0, 0.05) is 45.0 Å². The van der Waals surface area contributed by atoms with Crippen LogP contribution in [0, 0.1) is 17.2 Å². The van der Waals surface area contributed by atoms with Gasteiger partial charge in [0.1, 0.15) is 11.6 Å². The molecule has 1 aliphatic rings. The Morgan fingerprint density at radius 3 is 2.58 bits per heavy atom. The first kappa shape index (κ1) is 20.0. The number of carbonyl (C=O) groups is 2. The van der Waals surface area contributed by atoms with Crippen LogP contribution in [0.3, 0.4) is 0 Å². The summed E-state index contributed by atoms with van der Waals surface area (Å²) in [5.74, 6) is -0.761. The van der Waals surface area contributed by atoms with Crippen molar-refractivity contribution in [3.8, 4) is 6.07 Å². The van der Waals surface area contributed by atoms with E-state index in [1.807, 2.05) is 11.0 Å². The summed E-state index contributed by atoms with van der Waals surface area (Å²) in [6.45, 7) is 5.18. The van der Waals surface area contributed by atoms with Gasteiger partial charge in [0.2, 0.25) is 5.91 Å². The van der Waals surface area contributed by atoms with E-state index in [1.54, 1.807) is 6.20 Å². The van der Waals surface area contributed by atoms with Crippen molar-refractivity contribution in [3.63, 3.8) is 0 Å². The molecule has 0 radical (unpaired) electrons. The van der Waals surface area contributed by atoms with Gasteiger partial charge in [-0.1, -0.05) is 13.3 Å². The molecule has 1 rings (SSSR count). The van der Waals surface area contributed by atoms with E-state index >= 15 is 0 Å². The standard InChI is InChI=1S/C17H28N4O3/c1-2-3-10-24-11-4-7-20-17(23)15(12-18)13-21-8-5-14(6-9-21)16(19)22/h13-14H,2-11H2,1H3,(H2,19,22)(H,20,23)/b15-13-. The Morgan fingerprint density at radius 1 is 1.33 bits per heavy atom. The van der Waals surface area contributed by atoms with Gasteiger partial charge in [0.05, 0.1) is 0 Å². The Balaban J connectivity index is 2.31. The average molecular weight is 336 g/mol. The van der Waals surface area contributed by atoms with Crippen molar-refractivity contribution in [1.29, 1.82) is 5.26 Å². The SMILES string of the molecule is CCCCOCCCNC(=O)/C(C#N)=C\N1CCC(C(N)=O)CC1. The van der Waals surface area contributed by atoms with Crippen molar-refractivity contribution < 1.29 is 14.3 Å². The van der Waals surface area contributed by atoms with Crippen LogP contribution in [-0.2, 0) is 14.3 Å². The number of hydrogen-bond donors (Lipinski definition) is 2. The van der Waals surface area contributed by atoms with E-state index in [1.165, 1.54) is 0 Å². The second-order valence-corrected chi connectivity index (χ2v) is 5.94. The summed E-state index contributed by atoms with van der Waals surface area (Å²) in [5, 5.41) is 11.9. The van der Waals surface area contributed by atoms with Crippen LogP contribution < -0.4 is 11.1 Å². The third-order valence-corrected chi connectivity index (χ3v) is 4.00. The van der Waals surface area contributed by atoms with Gasteiger partial charge in [-0.15, -0.1) is 0 Å². The van der Waals surface area contributed by atoms with Crippen LogP contribution in [0.1, 0.15) is 39.0 Å². The molecule has 7 heteroatoms. The zero-order valence-corrected chi connectivity index (χ0v) is 14.4. The summed E-state index contributed by atoms with van der Waals surface area (Å²) in [6, 6.07) is 1.94. The molecule has 1 fully saturated rings. The van der Waals surface area contributed by atoms with Crippen LogP contribution >= 0.6 is 0 Å². The molecule has 3 N–H and O–H groups in total. The minimum atomic E-state index is -0.372. The summed E-state index contributed by atoms with van der Waals surface area (Å²) < 4.78 is 5.42. The van der Waals surface area contributed by atoms with Crippen LogP contribution in [0.15, 0.2) is 11.8 Å². The minimum absolute atomic E-state index is 0.0828. The van der Waals surface area contributed by atoms with Crippen LogP contribution in [0.5, 0.6) is 0 Å². The molecule has 0 unspecified atom stereocenters. The normalized spacial score (nSPS) is 15.8. The van der Waals surface area contributed by atoms with Crippen molar-refractivity contribution in [2.24, 2.45) is 11.7 Å². The predicted molar refractivity (Wildman–Crippen MR) is 90.5 cm³/mol. The minimum Gasteiger partial charge on any atom is -0.381 e. The number of nitrogens with two attached hydrogens (primary N) is 1. The highest BCUT2D eigenvalue weighted by Crippen LogP contribution is 2.17. The van der Waals surface area contributed by atoms with E-state index in [0.717, 1.165) is 25.9 Å².